The minimum atomic E-state index is -0.585. The van der Waals surface area contributed by atoms with Crippen molar-refractivity contribution < 1.29 is 23.7 Å². The van der Waals surface area contributed by atoms with Crippen LogP contribution in [0.1, 0.15) is 35.1 Å². The molecule has 0 amide bonds. The second-order valence-electron chi connectivity index (χ2n) is 7.99. The smallest absolute Gasteiger partial charge is 0.231 e. The molecular weight excluding hydrogens is 482 g/mol. The molecule has 0 radical (unpaired) electrons. The maximum atomic E-state index is 9.93. The third kappa shape index (κ3) is 4.08. The Balaban J connectivity index is 1.57. The molecule has 1 atom stereocenters. The number of ether oxygens (including phenoxy) is 5. The van der Waals surface area contributed by atoms with Crippen molar-refractivity contribution >= 4 is 11.6 Å². The Bertz CT molecular complexity index is 1470. The fraction of sp³-hybridized carbons (Fsp3) is 0.185. The van der Waals surface area contributed by atoms with Gasteiger partial charge in [-0.3, -0.25) is 0 Å². The number of allylic oxidation sites excluding steroid dienone is 1. The van der Waals surface area contributed by atoms with E-state index in [9.17, 15) is 10.5 Å². The van der Waals surface area contributed by atoms with E-state index in [0.717, 1.165) is 5.56 Å². The molecule has 0 saturated carbocycles. The van der Waals surface area contributed by atoms with E-state index in [1.54, 1.807) is 36.4 Å². The van der Waals surface area contributed by atoms with Gasteiger partial charge in [0.2, 0.25) is 12.7 Å². The van der Waals surface area contributed by atoms with Crippen molar-refractivity contribution in [2.75, 3.05) is 13.4 Å². The minimum absolute atomic E-state index is 0.00335. The summed E-state index contributed by atoms with van der Waals surface area (Å²) in [6, 6.07) is 18.5. The van der Waals surface area contributed by atoms with Gasteiger partial charge in [-0.2, -0.15) is 10.5 Å². The van der Waals surface area contributed by atoms with E-state index in [4.69, 9.17) is 41.0 Å². The summed E-state index contributed by atoms with van der Waals surface area (Å²) in [6.07, 6.45) is 0. The molecule has 180 valence electrons. The summed E-state index contributed by atoms with van der Waals surface area (Å²) >= 11 is 6.70. The zero-order chi connectivity index (χ0) is 25.2. The number of fused-ring (bicyclic) bond motifs is 2. The van der Waals surface area contributed by atoms with Crippen LogP contribution in [0.4, 0.5) is 0 Å². The maximum Gasteiger partial charge on any atom is 0.231 e. The van der Waals surface area contributed by atoms with Gasteiger partial charge in [0, 0.05) is 17.2 Å². The average molecular weight is 502 g/mol. The topological polar surface area (TPSA) is 120 Å². The van der Waals surface area contributed by atoms with Crippen molar-refractivity contribution in [2.45, 2.75) is 19.4 Å². The molecule has 0 bridgehead atoms. The van der Waals surface area contributed by atoms with Gasteiger partial charge < -0.3 is 29.4 Å². The van der Waals surface area contributed by atoms with Crippen molar-refractivity contribution in [3.05, 3.63) is 87.3 Å². The van der Waals surface area contributed by atoms with Crippen molar-refractivity contribution in [3.63, 3.8) is 0 Å². The standard InChI is InChI=1S/C27H20ClN3O5/c1-2-32-24-8-17(7-20(28)26(24)33-13-16-6-4-3-5-15(16)11-29)25-18-9-22-23(35-14-34-22)10-21(18)36-27(31)19(25)12-30/h3-10,25H,2,13-14,31H2,1H3/t25-/m1/s1. The molecule has 0 fully saturated rings. The van der Waals surface area contributed by atoms with Gasteiger partial charge in [-0.05, 0) is 36.8 Å². The highest BCUT2D eigenvalue weighted by Gasteiger charge is 2.34. The first-order valence-corrected chi connectivity index (χ1v) is 11.5. The Kier molecular flexibility index (Phi) is 6.20. The zero-order valence-electron chi connectivity index (χ0n) is 19.2. The summed E-state index contributed by atoms with van der Waals surface area (Å²) < 4.78 is 28.6. The van der Waals surface area contributed by atoms with Crippen LogP contribution in [0, 0.1) is 22.7 Å². The minimum Gasteiger partial charge on any atom is -0.490 e. The van der Waals surface area contributed by atoms with Crippen LogP contribution < -0.4 is 29.4 Å². The average Bonchev–Trinajstić information content (AvgIpc) is 3.33. The molecule has 0 saturated heterocycles. The molecule has 36 heavy (non-hydrogen) atoms. The van der Waals surface area contributed by atoms with Crippen LogP contribution in [0.25, 0.3) is 0 Å². The molecular formula is C27H20ClN3O5. The van der Waals surface area contributed by atoms with Crippen LogP contribution in [0.5, 0.6) is 28.7 Å². The van der Waals surface area contributed by atoms with E-state index in [2.05, 4.69) is 12.1 Å². The van der Waals surface area contributed by atoms with Crippen LogP contribution >= 0.6 is 11.6 Å². The predicted molar refractivity (Wildman–Crippen MR) is 130 cm³/mol. The monoisotopic (exact) mass is 501 g/mol. The van der Waals surface area contributed by atoms with Crippen molar-refractivity contribution in [1.29, 1.82) is 10.5 Å². The second kappa shape index (κ2) is 9.61. The van der Waals surface area contributed by atoms with Gasteiger partial charge in [-0.25, -0.2) is 0 Å². The van der Waals surface area contributed by atoms with Crippen molar-refractivity contribution in [1.82, 2.24) is 0 Å². The summed E-state index contributed by atoms with van der Waals surface area (Å²) in [7, 11) is 0. The number of nitrogens with two attached hydrogens (primary N) is 1. The molecule has 3 aromatic carbocycles. The van der Waals surface area contributed by atoms with Gasteiger partial charge in [0.05, 0.1) is 29.2 Å². The highest BCUT2D eigenvalue weighted by atomic mass is 35.5. The van der Waals surface area contributed by atoms with Crippen molar-refractivity contribution in [2.24, 2.45) is 5.73 Å². The first-order chi connectivity index (χ1) is 17.5. The number of nitrogens with zero attached hydrogens (tertiary/aromatic N) is 2. The molecule has 8 nitrogen and oxygen atoms in total. The summed E-state index contributed by atoms with van der Waals surface area (Å²) in [5.74, 6) is 1.70. The quantitative estimate of drug-likeness (QED) is 0.493. The number of hydrogen-bond acceptors (Lipinski definition) is 8. The lowest BCUT2D eigenvalue weighted by molar-refractivity contribution is 0.174. The van der Waals surface area contributed by atoms with E-state index in [1.807, 2.05) is 19.1 Å². The van der Waals surface area contributed by atoms with Crippen LogP contribution in [0.2, 0.25) is 5.02 Å². The van der Waals surface area contributed by atoms with Crippen LogP contribution in [-0.2, 0) is 6.61 Å². The highest BCUT2D eigenvalue weighted by molar-refractivity contribution is 6.32. The third-order valence-corrected chi connectivity index (χ3v) is 6.17. The molecule has 2 aliphatic heterocycles. The Labute approximate surface area is 212 Å². The molecule has 9 heteroatoms. The van der Waals surface area contributed by atoms with Crippen LogP contribution in [0.3, 0.4) is 0 Å². The summed E-state index contributed by atoms with van der Waals surface area (Å²) in [5.41, 5.74) is 8.94. The lowest BCUT2D eigenvalue weighted by atomic mass is 9.83. The Morgan fingerprint density at radius 2 is 1.81 bits per heavy atom. The normalized spacial score (nSPS) is 15.4. The maximum absolute atomic E-state index is 9.93. The zero-order valence-corrected chi connectivity index (χ0v) is 20.0. The summed E-state index contributed by atoms with van der Waals surface area (Å²) in [4.78, 5) is 0. The number of nitriles is 2. The molecule has 5 rings (SSSR count). The van der Waals surface area contributed by atoms with Crippen LogP contribution in [0.15, 0.2) is 60.0 Å². The largest absolute Gasteiger partial charge is 0.490 e. The molecule has 0 spiro atoms. The number of halogens is 1. The van der Waals surface area contributed by atoms with Gasteiger partial charge in [-0.15, -0.1) is 0 Å². The molecule has 2 N–H and O–H groups in total. The molecule has 2 heterocycles. The molecule has 0 aliphatic carbocycles. The number of rotatable bonds is 6. The van der Waals surface area contributed by atoms with E-state index in [0.29, 0.717) is 52.0 Å². The molecule has 2 aliphatic rings. The van der Waals surface area contributed by atoms with Crippen LogP contribution in [-0.4, -0.2) is 13.4 Å². The van der Waals surface area contributed by atoms with Gasteiger partial charge in [0.1, 0.15) is 24.0 Å². The first-order valence-electron chi connectivity index (χ1n) is 11.1. The third-order valence-electron chi connectivity index (χ3n) is 5.89. The van der Waals surface area contributed by atoms with Gasteiger partial charge in [0.25, 0.3) is 0 Å². The van der Waals surface area contributed by atoms with E-state index < -0.39 is 5.92 Å². The lowest BCUT2D eigenvalue weighted by Gasteiger charge is -2.27. The van der Waals surface area contributed by atoms with Gasteiger partial charge in [0.15, 0.2) is 23.0 Å². The van der Waals surface area contributed by atoms with Crippen molar-refractivity contribution in [3.8, 4) is 40.9 Å². The first kappa shape index (κ1) is 23.2. The van der Waals surface area contributed by atoms with Gasteiger partial charge >= 0.3 is 0 Å². The summed E-state index contributed by atoms with van der Waals surface area (Å²) in [6.45, 7) is 2.43. The Morgan fingerprint density at radius 3 is 2.56 bits per heavy atom. The fourth-order valence-electron chi connectivity index (χ4n) is 4.25. The predicted octanol–water partition coefficient (Wildman–Crippen LogP) is 5.14. The molecule has 0 aromatic heterocycles. The Hall–Kier alpha value is -4.53. The summed E-state index contributed by atoms with van der Waals surface area (Å²) in [5, 5.41) is 19.6. The highest BCUT2D eigenvalue weighted by Crippen LogP contribution is 2.50. The van der Waals surface area contributed by atoms with E-state index in [-0.39, 0.29) is 29.9 Å². The van der Waals surface area contributed by atoms with E-state index >= 15 is 0 Å². The lowest BCUT2D eigenvalue weighted by Crippen LogP contribution is -2.21. The second-order valence-corrected chi connectivity index (χ2v) is 8.40. The molecule has 3 aromatic rings. The Morgan fingerprint density at radius 1 is 1.03 bits per heavy atom. The number of benzene rings is 3. The molecule has 0 unspecified atom stereocenters. The number of hydrogen-bond donors (Lipinski definition) is 1. The van der Waals surface area contributed by atoms with E-state index in [1.165, 1.54) is 0 Å². The fourth-order valence-corrected chi connectivity index (χ4v) is 4.53. The SMILES string of the molecule is CCOc1cc([C@H]2C(C#N)=C(N)Oc3cc4c(cc32)OCO4)cc(Cl)c1OCc1ccccc1C#N. The van der Waals surface area contributed by atoms with Gasteiger partial charge in [-0.1, -0.05) is 29.8 Å².